The average Bonchev–Trinajstić information content (AvgIpc) is 3.75. The minimum atomic E-state index is -1.60. The molecular formula is C38H44N4O10. The third-order valence-electron chi connectivity index (χ3n) is 11.3. The number of fused-ring (bicyclic) bond motifs is 8. The van der Waals surface area contributed by atoms with E-state index in [1.165, 1.54) is 6.92 Å². The van der Waals surface area contributed by atoms with Crippen LogP contribution in [0.1, 0.15) is 84.5 Å². The highest BCUT2D eigenvalue weighted by molar-refractivity contribution is 6.07. The van der Waals surface area contributed by atoms with E-state index in [0.29, 0.717) is 27.8 Å². The van der Waals surface area contributed by atoms with Gasteiger partial charge in [0.15, 0.2) is 11.6 Å². The maximum atomic E-state index is 14.6. The maximum Gasteiger partial charge on any atom is 0.302 e. The van der Waals surface area contributed by atoms with Crippen LogP contribution in [0.2, 0.25) is 0 Å². The maximum absolute atomic E-state index is 14.6. The molecule has 3 aromatic rings. The summed E-state index contributed by atoms with van der Waals surface area (Å²) in [4.78, 5) is 57.4. The summed E-state index contributed by atoms with van der Waals surface area (Å²) < 4.78 is 18.0. The largest absolute Gasteiger partial charge is 0.460 e. The van der Waals surface area contributed by atoms with Gasteiger partial charge >= 0.3 is 5.97 Å². The number of aromatic nitrogens is 4. The van der Waals surface area contributed by atoms with E-state index < -0.39 is 77.5 Å². The van der Waals surface area contributed by atoms with Crippen molar-refractivity contribution in [3.8, 4) is 0 Å². The first-order valence-electron chi connectivity index (χ1n) is 17.4. The number of ketones is 2. The standard InChI is InChI=1S/C38H44N4O10/c1-15-9-21-11-28-38(7,36-32(47)31(46)30(45)18(4)51-36)33(48)24(41-28)10-20-8-16(2)23(39-20)13-29-37(6,34(49)25(42-29)12-22(15)40-21)35-27(52-19(5)43)14-26(44)17(3)50-35/h8-13,17-18,26-27,30-32,35-36,39-40,44-47H,14H2,1-7H3/t17-,18-,26-,27-,30+,31+,32-,35-,36-,37+,38+/m1/s1. The Morgan fingerprint density at radius 3 is 1.88 bits per heavy atom. The van der Waals surface area contributed by atoms with Gasteiger partial charge in [0.25, 0.3) is 0 Å². The van der Waals surface area contributed by atoms with Crippen LogP contribution in [0.4, 0.5) is 0 Å². The van der Waals surface area contributed by atoms with Crippen LogP contribution in [0.3, 0.4) is 0 Å². The molecule has 276 valence electrons. The smallest absolute Gasteiger partial charge is 0.302 e. The van der Waals surface area contributed by atoms with Crippen LogP contribution in [-0.4, -0.2) is 113 Å². The Bertz CT molecular complexity index is 2140. The first kappa shape index (κ1) is 36.1. The molecular weight excluding hydrogens is 672 g/mol. The van der Waals surface area contributed by atoms with Crippen LogP contribution in [0.15, 0.2) is 36.4 Å². The lowest BCUT2D eigenvalue weighted by Crippen LogP contribution is -2.63. The van der Waals surface area contributed by atoms with Crippen molar-refractivity contribution in [2.75, 3.05) is 0 Å². The molecule has 52 heavy (non-hydrogen) atoms. The molecule has 14 heteroatoms. The second-order valence-electron chi connectivity index (χ2n) is 15.0. The third kappa shape index (κ3) is 5.60. The lowest BCUT2D eigenvalue weighted by Gasteiger charge is -2.45. The second-order valence-corrected chi connectivity index (χ2v) is 15.0. The van der Waals surface area contributed by atoms with E-state index in [1.807, 2.05) is 26.0 Å². The quantitative estimate of drug-likeness (QED) is 0.216. The molecule has 4 aliphatic heterocycles. The van der Waals surface area contributed by atoms with E-state index >= 15 is 0 Å². The van der Waals surface area contributed by atoms with Crippen molar-refractivity contribution in [3.05, 3.63) is 70.3 Å². The van der Waals surface area contributed by atoms with Crippen molar-refractivity contribution in [2.24, 2.45) is 0 Å². The molecule has 0 spiro atoms. The highest BCUT2D eigenvalue weighted by atomic mass is 16.6. The van der Waals surface area contributed by atoms with Gasteiger partial charge in [-0.2, -0.15) is 0 Å². The number of esters is 1. The predicted molar refractivity (Wildman–Crippen MR) is 187 cm³/mol. The van der Waals surface area contributed by atoms with E-state index in [1.54, 1.807) is 52.0 Å². The molecule has 0 saturated carbocycles. The van der Waals surface area contributed by atoms with Gasteiger partial charge in [-0.05, 0) is 89.1 Å². The molecule has 7 heterocycles. The van der Waals surface area contributed by atoms with Crippen LogP contribution in [0.25, 0.3) is 22.1 Å². The zero-order valence-electron chi connectivity index (χ0n) is 30.0. The summed E-state index contributed by atoms with van der Waals surface area (Å²) in [5.74, 6) is -1.38. The van der Waals surface area contributed by atoms with Crippen LogP contribution >= 0.6 is 0 Å². The number of ether oxygens (including phenoxy) is 3. The first-order chi connectivity index (χ1) is 24.4. The number of aliphatic hydroxyl groups excluding tert-OH is 4. The molecule has 6 N–H and O–H groups in total. The summed E-state index contributed by atoms with van der Waals surface area (Å²) in [5.41, 5.74) is 1.54. The minimum absolute atomic E-state index is 0.0749. The zero-order valence-corrected chi connectivity index (χ0v) is 30.0. The summed E-state index contributed by atoms with van der Waals surface area (Å²) in [6, 6.07) is 10.3. The van der Waals surface area contributed by atoms with Gasteiger partial charge in [-0.25, -0.2) is 9.97 Å². The number of carbonyl (C=O) groups is 3. The van der Waals surface area contributed by atoms with Crippen LogP contribution in [0, 0.1) is 13.8 Å². The Kier molecular flexibility index (Phi) is 8.79. The SMILES string of the molecule is CC(=O)O[C@@H]1C[C@@H](O)[C@@H](C)O[C@H]1[C@]1(C)C(=O)c2cc3[nH]c(cc4nc(cc5cc(C)c(cc1n2)[nH]5)C(=O)[C@@]4(C)[C@@H]1O[C@H](C)[C@H](O)[C@H](O)[C@H]1O)cc3C. The number of hydrogen-bond donors (Lipinski definition) is 6. The van der Waals surface area contributed by atoms with Gasteiger partial charge in [-0.3, -0.25) is 14.4 Å². The number of H-pyrrole nitrogens is 2. The molecule has 7 rings (SSSR count). The number of rotatable bonds is 3. The van der Waals surface area contributed by atoms with Gasteiger partial charge in [0.05, 0.1) is 29.7 Å². The van der Waals surface area contributed by atoms with Crippen molar-refractivity contribution in [2.45, 2.75) is 121 Å². The fourth-order valence-corrected chi connectivity index (χ4v) is 8.02. The van der Waals surface area contributed by atoms with Gasteiger partial charge in [0.1, 0.15) is 58.8 Å². The third-order valence-corrected chi connectivity index (χ3v) is 11.3. The normalized spacial score (nSPS) is 35.1. The van der Waals surface area contributed by atoms with Crippen molar-refractivity contribution in [1.82, 2.24) is 19.9 Å². The number of aryl methyl sites for hydroxylation is 2. The van der Waals surface area contributed by atoms with Crippen LogP contribution in [-0.2, 0) is 29.8 Å². The Morgan fingerprint density at radius 2 is 1.27 bits per heavy atom. The summed E-state index contributed by atoms with van der Waals surface area (Å²) in [6.45, 7) is 11.5. The number of carbonyl (C=O) groups excluding carboxylic acids is 3. The molecule has 4 aliphatic rings. The molecule has 3 aromatic heterocycles. The minimum Gasteiger partial charge on any atom is -0.460 e. The van der Waals surface area contributed by atoms with Crippen molar-refractivity contribution >= 4 is 39.6 Å². The lowest BCUT2D eigenvalue weighted by molar-refractivity contribution is -0.228. The Morgan fingerprint density at radius 1 is 0.750 bits per heavy atom. The number of aromatic amines is 2. The second kappa shape index (κ2) is 12.7. The Balaban J connectivity index is 1.46. The molecule has 11 atom stereocenters. The van der Waals surface area contributed by atoms with Gasteiger partial charge in [0.2, 0.25) is 0 Å². The fourth-order valence-electron chi connectivity index (χ4n) is 8.02. The lowest BCUT2D eigenvalue weighted by atomic mass is 9.72. The predicted octanol–water partition coefficient (Wildman–Crippen LogP) is 2.55. The summed E-state index contributed by atoms with van der Waals surface area (Å²) in [6.07, 6.45) is -10.0. The van der Waals surface area contributed by atoms with Crippen LogP contribution < -0.4 is 0 Å². The van der Waals surface area contributed by atoms with E-state index in [-0.39, 0.29) is 29.3 Å². The van der Waals surface area contributed by atoms with Gasteiger partial charge in [0, 0.05) is 35.4 Å². The average molecular weight is 717 g/mol. The summed E-state index contributed by atoms with van der Waals surface area (Å²) in [5, 5.41) is 42.9. The van der Waals surface area contributed by atoms with E-state index in [9.17, 15) is 34.8 Å². The molecule has 0 aromatic carbocycles. The molecule has 0 amide bonds. The number of nitrogens with zero attached hydrogens (tertiary/aromatic N) is 2. The molecule has 14 nitrogen and oxygen atoms in total. The van der Waals surface area contributed by atoms with E-state index in [4.69, 9.17) is 24.2 Å². The van der Waals surface area contributed by atoms with E-state index in [0.717, 1.165) is 11.1 Å². The molecule has 0 aliphatic carbocycles. The number of hydrogen-bond acceptors (Lipinski definition) is 12. The number of aliphatic hydroxyl groups is 4. The Hall–Kier alpha value is -4.31. The zero-order chi connectivity index (χ0) is 37.6. The monoisotopic (exact) mass is 716 g/mol. The topological polar surface area (TPSA) is 217 Å². The molecule has 0 radical (unpaired) electrons. The highest BCUT2D eigenvalue weighted by Gasteiger charge is 2.58. The Labute approximate surface area is 299 Å². The van der Waals surface area contributed by atoms with E-state index in [2.05, 4.69) is 9.97 Å². The summed E-state index contributed by atoms with van der Waals surface area (Å²) in [7, 11) is 0. The molecule has 8 bridgehead atoms. The van der Waals surface area contributed by atoms with Gasteiger partial charge in [-0.15, -0.1) is 0 Å². The highest BCUT2D eigenvalue weighted by Crippen LogP contribution is 2.44. The first-order valence-corrected chi connectivity index (χ1v) is 17.4. The molecule has 2 saturated heterocycles. The van der Waals surface area contributed by atoms with Crippen molar-refractivity contribution < 1.29 is 49.0 Å². The number of nitrogens with one attached hydrogen (secondary N) is 2. The van der Waals surface area contributed by atoms with Crippen LogP contribution in [0.5, 0.6) is 0 Å². The number of Topliss-reactive ketones (excluding diaryl/α,β-unsaturated/α-hetero) is 2. The van der Waals surface area contributed by atoms with Crippen molar-refractivity contribution in [3.63, 3.8) is 0 Å². The molecule has 2 fully saturated rings. The fraction of sp³-hybridized carbons (Fsp3) is 0.500. The van der Waals surface area contributed by atoms with Gasteiger partial charge < -0.3 is 44.6 Å². The van der Waals surface area contributed by atoms with Gasteiger partial charge in [-0.1, -0.05) is 0 Å². The molecule has 0 unspecified atom stereocenters. The summed E-state index contributed by atoms with van der Waals surface area (Å²) >= 11 is 0. The van der Waals surface area contributed by atoms with Crippen molar-refractivity contribution in [1.29, 1.82) is 0 Å².